The van der Waals surface area contributed by atoms with Crippen molar-refractivity contribution in [3.05, 3.63) is 28.8 Å². The number of ether oxygens (including phenoxy) is 1. The molecule has 0 heterocycles. The highest BCUT2D eigenvalue weighted by atomic mass is 16.5. The average molecular weight is 193 g/mol. The Hall–Kier alpha value is -1.02. The van der Waals surface area contributed by atoms with Crippen LogP contribution < -0.4 is 4.90 Å². The average Bonchev–Trinajstić information content (AvgIpc) is 2.11. The van der Waals surface area contributed by atoms with Crippen molar-refractivity contribution >= 4 is 5.69 Å². The molecule has 1 aromatic carbocycles. The first kappa shape index (κ1) is 11.1. The van der Waals surface area contributed by atoms with E-state index in [2.05, 4.69) is 37.8 Å². The monoisotopic (exact) mass is 193 g/mol. The van der Waals surface area contributed by atoms with Crippen LogP contribution in [0.4, 0.5) is 5.69 Å². The molecule has 1 aromatic rings. The highest BCUT2D eigenvalue weighted by molar-refractivity contribution is 5.56. The molecule has 1 rings (SSSR count). The van der Waals surface area contributed by atoms with Gasteiger partial charge in [0.15, 0.2) is 0 Å². The number of hydrogen-bond acceptors (Lipinski definition) is 2. The zero-order chi connectivity index (χ0) is 10.7. The first-order valence-electron chi connectivity index (χ1n) is 4.84. The summed E-state index contributed by atoms with van der Waals surface area (Å²) in [4.78, 5) is 2.11. The van der Waals surface area contributed by atoms with E-state index in [0.29, 0.717) is 6.73 Å². The number of aryl methyl sites for hydroxylation is 3. The van der Waals surface area contributed by atoms with Gasteiger partial charge < -0.3 is 9.64 Å². The van der Waals surface area contributed by atoms with Crippen LogP contribution in [-0.2, 0) is 4.74 Å². The van der Waals surface area contributed by atoms with Crippen molar-refractivity contribution in [1.82, 2.24) is 0 Å². The maximum atomic E-state index is 5.11. The predicted molar refractivity (Wildman–Crippen MR) is 60.9 cm³/mol. The molecule has 0 unspecified atom stereocenters. The summed E-state index contributed by atoms with van der Waals surface area (Å²) < 4.78 is 5.11. The van der Waals surface area contributed by atoms with Crippen LogP contribution in [0.25, 0.3) is 0 Å². The van der Waals surface area contributed by atoms with Gasteiger partial charge in [-0.1, -0.05) is 6.07 Å². The Morgan fingerprint density at radius 2 is 1.64 bits per heavy atom. The lowest BCUT2D eigenvalue weighted by atomic mass is 10.0. The largest absolute Gasteiger partial charge is 0.364 e. The molecule has 2 nitrogen and oxygen atoms in total. The van der Waals surface area contributed by atoms with Crippen LogP contribution in [0.15, 0.2) is 12.1 Å². The summed E-state index contributed by atoms with van der Waals surface area (Å²) in [6.45, 7) is 7.04. The van der Waals surface area contributed by atoms with Gasteiger partial charge in [-0.3, -0.25) is 0 Å². The number of hydrogen-bond donors (Lipinski definition) is 0. The van der Waals surface area contributed by atoms with Crippen LogP contribution in [0.1, 0.15) is 16.7 Å². The van der Waals surface area contributed by atoms with Crippen LogP contribution >= 0.6 is 0 Å². The Kier molecular flexibility index (Phi) is 3.53. The first-order chi connectivity index (χ1) is 6.56. The molecule has 0 fully saturated rings. The van der Waals surface area contributed by atoms with E-state index in [9.17, 15) is 0 Å². The Morgan fingerprint density at radius 3 is 2.21 bits per heavy atom. The fourth-order valence-electron chi connectivity index (χ4n) is 1.62. The quantitative estimate of drug-likeness (QED) is 0.684. The molecule has 0 atom stereocenters. The van der Waals surface area contributed by atoms with E-state index in [-0.39, 0.29) is 0 Å². The minimum atomic E-state index is 0.628. The second-order valence-electron chi connectivity index (χ2n) is 3.84. The molecule has 78 valence electrons. The highest BCUT2D eigenvalue weighted by Gasteiger charge is 2.05. The van der Waals surface area contributed by atoms with Gasteiger partial charge in [-0.05, 0) is 43.5 Å². The lowest BCUT2D eigenvalue weighted by Gasteiger charge is -2.21. The fourth-order valence-corrected chi connectivity index (χ4v) is 1.62. The van der Waals surface area contributed by atoms with Gasteiger partial charge in [-0.25, -0.2) is 0 Å². The van der Waals surface area contributed by atoms with E-state index in [1.807, 2.05) is 7.05 Å². The summed E-state index contributed by atoms with van der Waals surface area (Å²) >= 11 is 0. The molecule has 14 heavy (non-hydrogen) atoms. The summed E-state index contributed by atoms with van der Waals surface area (Å²) in [6, 6.07) is 4.43. The van der Waals surface area contributed by atoms with Gasteiger partial charge in [0, 0.05) is 19.8 Å². The third-order valence-electron chi connectivity index (χ3n) is 2.55. The molecule has 0 spiro atoms. The van der Waals surface area contributed by atoms with Crippen LogP contribution in [0, 0.1) is 20.8 Å². The van der Waals surface area contributed by atoms with Crippen molar-refractivity contribution in [1.29, 1.82) is 0 Å². The lowest BCUT2D eigenvalue weighted by molar-refractivity contribution is 0.202. The molecule has 0 saturated carbocycles. The van der Waals surface area contributed by atoms with E-state index < -0.39 is 0 Å². The number of rotatable bonds is 3. The summed E-state index contributed by atoms with van der Waals surface area (Å²) in [5.41, 5.74) is 5.22. The summed E-state index contributed by atoms with van der Waals surface area (Å²) in [5.74, 6) is 0. The minimum absolute atomic E-state index is 0.628. The number of methoxy groups -OCH3 is 1. The Balaban J connectivity index is 3.02. The standard InChI is InChI=1S/C12H19NO/c1-9-6-11(3)12(7-10(9)2)13(4)8-14-5/h6-7H,8H2,1-5H3. The normalized spacial score (nSPS) is 10.4. The van der Waals surface area contributed by atoms with Gasteiger partial charge in [0.1, 0.15) is 6.73 Å². The molecule has 0 aliphatic heterocycles. The van der Waals surface area contributed by atoms with Crippen molar-refractivity contribution < 1.29 is 4.74 Å². The van der Waals surface area contributed by atoms with Gasteiger partial charge in [0.05, 0.1) is 0 Å². The summed E-state index contributed by atoms with van der Waals surface area (Å²) in [6.07, 6.45) is 0. The van der Waals surface area contributed by atoms with Gasteiger partial charge in [0.2, 0.25) is 0 Å². The van der Waals surface area contributed by atoms with Crippen LogP contribution in [0.5, 0.6) is 0 Å². The van der Waals surface area contributed by atoms with Crippen LogP contribution in [-0.4, -0.2) is 20.9 Å². The van der Waals surface area contributed by atoms with E-state index >= 15 is 0 Å². The molecular formula is C12H19NO. The third kappa shape index (κ3) is 2.26. The molecule has 0 amide bonds. The summed E-state index contributed by atoms with van der Waals surface area (Å²) in [5, 5.41) is 0. The molecule has 0 bridgehead atoms. The molecule has 0 radical (unpaired) electrons. The smallest absolute Gasteiger partial charge is 0.118 e. The maximum absolute atomic E-state index is 5.11. The maximum Gasteiger partial charge on any atom is 0.118 e. The third-order valence-corrected chi connectivity index (χ3v) is 2.55. The molecule has 0 aliphatic carbocycles. The minimum Gasteiger partial charge on any atom is -0.364 e. The number of anilines is 1. The van der Waals surface area contributed by atoms with Gasteiger partial charge in [0.25, 0.3) is 0 Å². The molecule has 0 aromatic heterocycles. The van der Waals surface area contributed by atoms with Crippen LogP contribution in [0.3, 0.4) is 0 Å². The van der Waals surface area contributed by atoms with Crippen molar-refractivity contribution in [3.63, 3.8) is 0 Å². The molecule has 0 saturated heterocycles. The number of nitrogens with zero attached hydrogens (tertiary/aromatic N) is 1. The summed E-state index contributed by atoms with van der Waals surface area (Å²) in [7, 11) is 3.76. The Labute approximate surface area is 86.5 Å². The molecule has 0 aliphatic rings. The Morgan fingerprint density at radius 1 is 1.07 bits per heavy atom. The molecule has 2 heteroatoms. The second-order valence-corrected chi connectivity index (χ2v) is 3.84. The van der Waals surface area contributed by atoms with E-state index in [4.69, 9.17) is 4.74 Å². The Bertz CT molecular complexity index is 320. The van der Waals surface area contributed by atoms with E-state index in [0.717, 1.165) is 0 Å². The number of benzene rings is 1. The zero-order valence-corrected chi connectivity index (χ0v) is 9.72. The first-order valence-corrected chi connectivity index (χ1v) is 4.84. The molecule has 0 N–H and O–H groups in total. The topological polar surface area (TPSA) is 12.5 Å². The lowest BCUT2D eigenvalue weighted by Crippen LogP contribution is -2.20. The van der Waals surface area contributed by atoms with Gasteiger partial charge in [-0.2, -0.15) is 0 Å². The second kappa shape index (κ2) is 4.47. The zero-order valence-electron chi connectivity index (χ0n) is 9.72. The van der Waals surface area contributed by atoms with E-state index in [1.165, 1.54) is 22.4 Å². The molecular weight excluding hydrogens is 174 g/mol. The highest BCUT2D eigenvalue weighted by Crippen LogP contribution is 2.22. The van der Waals surface area contributed by atoms with Gasteiger partial charge in [-0.15, -0.1) is 0 Å². The van der Waals surface area contributed by atoms with Crippen molar-refractivity contribution in [3.8, 4) is 0 Å². The van der Waals surface area contributed by atoms with Crippen molar-refractivity contribution in [2.45, 2.75) is 20.8 Å². The SMILES string of the molecule is COCN(C)c1cc(C)c(C)cc1C. The predicted octanol–water partition coefficient (Wildman–Crippen LogP) is 2.65. The van der Waals surface area contributed by atoms with Crippen LogP contribution in [0.2, 0.25) is 0 Å². The van der Waals surface area contributed by atoms with E-state index in [1.54, 1.807) is 7.11 Å². The van der Waals surface area contributed by atoms with Gasteiger partial charge >= 0.3 is 0 Å². The van der Waals surface area contributed by atoms with Crippen molar-refractivity contribution in [2.24, 2.45) is 0 Å². The fraction of sp³-hybridized carbons (Fsp3) is 0.500. The van der Waals surface area contributed by atoms with Crippen molar-refractivity contribution in [2.75, 3.05) is 25.8 Å².